The molecule has 27 heavy (non-hydrogen) atoms. The van der Waals surface area contributed by atoms with Crippen LogP contribution in [0.3, 0.4) is 0 Å². The average Bonchev–Trinajstić information content (AvgIpc) is 2.66. The number of hydrogen-bond donors (Lipinski definition) is 0. The summed E-state index contributed by atoms with van der Waals surface area (Å²) in [5, 5.41) is -0.231. The Morgan fingerprint density at radius 3 is 2.33 bits per heavy atom. The van der Waals surface area contributed by atoms with Gasteiger partial charge in [-0.2, -0.15) is 0 Å². The number of carbonyl (C=O) groups is 1. The fourth-order valence-corrected chi connectivity index (χ4v) is 7.73. The van der Waals surface area contributed by atoms with Crippen LogP contribution < -0.4 is 9.47 Å². The molecule has 0 bridgehead atoms. The number of ether oxygens (including phenoxy) is 2. The van der Waals surface area contributed by atoms with E-state index in [1.165, 1.54) is 11.1 Å². The predicted octanol–water partition coefficient (Wildman–Crippen LogP) is 4.03. The Morgan fingerprint density at radius 2 is 1.67 bits per heavy atom. The van der Waals surface area contributed by atoms with Gasteiger partial charge in [0.05, 0.1) is 27.5 Å². The Kier molecular flexibility index (Phi) is 4.11. The number of amides is 1. The molecule has 2 aliphatic rings. The molecule has 5 heteroatoms. The van der Waals surface area contributed by atoms with Crippen molar-refractivity contribution in [2.75, 3.05) is 20.8 Å². The number of carbonyl (C=O) groups excluding carboxylic acids is 1. The van der Waals surface area contributed by atoms with Crippen LogP contribution in [-0.4, -0.2) is 39.6 Å². The van der Waals surface area contributed by atoms with E-state index in [9.17, 15) is 4.79 Å². The van der Waals surface area contributed by atoms with Crippen LogP contribution in [0.1, 0.15) is 27.0 Å². The van der Waals surface area contributed by atoms with Crippen molar-refractivity contribution < 1.29 is 14.3 Å². The molecular formula is C22H27NO3Si. The minimum Gasteiger partial charge on any atom is -0.493 e. The fourth-order valence-electron chi connectivity index (χ4n) is 4.94. The van der Waals surface area contributed by atoms with Gasteiger partial charge in [-0.1, -0.05) is 43.9 Å². The van der Waals surface area contributed by atoms with Crippen molar-refractivity contribution in [3.05, 3.63) is 58.7 Å². The minimum absolute atomic E-state index is 0.120. The van der Waals surface area contributed by atoms with Crippen LogP contribution in [0.15, 0.2) is 36.4 Å². The molecule has 0 saturated carbocycles. The molecule has 0 N–H and O–H groups in total. The summed E-state index contributed by atoms with van der Waals surface area (Å²) < 4.78 is 11.0. The van der Waals surface area contributed by atoms with E-state index in [-0.39, 0.29) is 11.1 Å². The third-order valence-electron chi connectivity index (χ3n) is 6.30. The van der Waals surface area contributed by atoms with E-state index in [4.69, 9.17) is 9.47 Å². The second-order valence-electron chi connectivity index (χ2n) is 8.52. The van der Waals surface area contributed by atoms with Crippen molar-refractivity contribution in [1.82, 2.24) is 4.90 Å². The summed E-state index contributed by atoms with van der Waals surface area (Å²) in [7, 11) is 1.44. The van der Waals surface area contributed by atoms with Gasteiger partial charge in [0.25, 0.3) is 5.91 Å². The third-order valence-corrected chi connectivity index (χ3v) is 9.50. The Balaban J connectivity index is 1.99. The molecule has 0 radical (unpaired) electrons. The number of methoxy groups -OCH3 is 2. The molecule has 1 atom stereocenters. The quantitative estimate of drug-likeness (QED) is 0.754. The number of fused-ring (bicyclic) bond motifs is 4. The molecule has 1 unspecified atom stereocenters. The first-order chi connectivity index (χ1) is 12.8. The Morgan fingerprint density at radius 1 is 1.00 bits per heavy atom. The summed E-state index contributed by atoms with van der Waals surface area (Å²) in [4.78, 5) is 15.8. The molecule has 0 spiro atoms. The van der Waals surface area contributed by atoms with E-state index < -0.39 is 8.07 Å². The van der Waals surface area contributed by atoms with Crippen LogP contribution in [0.4, 0.5) is 0 Å². The van der Waals surface area contributed by atoms with Crippen LogP contribution in [0.25, 0.3) is 0 Å². The monoisotopic (exact) mass is 381 g/mol. The van der Waals surface area contributed by atoms with E-state index in [2.05, 4.69) is 48.8 Å². The van der Waals surface area contributed by atoms with Crippen molar-refractivity contribution in [3.63, 3.8) is 0 Å². The summed E-state index contributed by atoms with van der Waals surface area (Å²) in [6.07, 6.45) is 1.75. The zero-order chi connectivity index (χ0) is 19.4. The highest BCUT2D eigenvalue weighted by Crippen LogP contribution is 2.49. The van der Waals surface area contributed by atoms with Crippen LogP contribution >= 0.6 is 0 Å². The molecule has 2 aromatic rings. The molecule has 2 heterocycles. The zero-order valence-corrected chi connectivity index (χ0v) is 17.8. The molecule has 0 fully saturated rings. The minimum atomic E-state index is -1.82. The van der Waals surface area contributed by atoms with E-state index in [1.54, 1.807) is 14.2 Å². The van der Waals surface area contributed by atoms with Gasteiger partial charge in [-0.05, 0) is 41.7 Å². The maximum absolute atomic E-state index is 13.6. The maximum atomic E-state index is 13.6. The first-order valence-electron chi connectivity index (χ1n) is 9.49. The van der Waals surface area contributed by atoms with Gasteiger partial charge in [0.15, 0.2) is 11.5 Å². The summed E-state index contributed by atoms with van der Waals surface area (Å²) >= 11 is 0. The normalized spacial score (nSPS) is 21.2. The van der Waals surface area contributed by atoms with Crippen LogP contribution in [0.5, 0.6) is 11.5 Å². The van der Waals surface area contributed by atoms with Gasteiger partial charge in [0.1, 0.15) is 0 Å². The van der Waals surface area contributed by atoms with E-state index in [1.807, 2.05) is 12.1 Å². The van der Waals surface area contributed by atoms with Gasteiger partial charge in [0.2, 0.25) is 0 Å². The number of rotatable bonds is 3. The van der Waals surface area contributed by atoms with Gasteiger partial charge in [-0.25, -0.2) is 0 Å². The van der Waals surface area contributed by atoms with Gasteiger partial charge in [-0.3, -0.25) is 4.79 Å². The fraction of sp³-hybridized carbons (Fsp3) is 0.409. The molecule has 2 aliphatic heterocycles. The SMILES string of the molecule is COc1cc2c(cc1OC)C(=O)N1CCc3ccccc3C1([Si](C)(C)C)C2. The molecule has 0 aliphatic carbocycles. The van der Waals surface area contributed by atoms with Gasteiger partial charge < -0.3 is 14.4 Å². The van der Waals surface area contributed by atoms with Crippen molar-refractivity contribution in [3.8, 4) is 11.5 Å². The standard InChI is InChI=1S/C22H27NO3Si/c1-25-19-12-16-14-22(27(3,4)5)18-9-7-6-8-15(18)10-11-23(22)21(24)17(16)13-20(19)26-2/h6-9,12-13H,10-11,14H2,1-5H3. The van der Waals surface area contributed by atoms with Crippen molar-refractivity contribution >= 4 is 14.0 Å². The lowest BCUT2D eigenvalue weighted by Gasteiger charge is -2.57. The number of nitrogens with zero attached hydrogens (tertiary/aromatic N) is 1. The number of benzene rings is 2. The van der Waals surface area contributed by atoms with Gasteiger partial charge in [0, 0.05) is 12.1 Å². The lowest BCUT2D eigenvalue weighted by Crippen LogP contribution is -2.68. The first kappa shape index (κ1) is 18.1. The average molecular weight is 382 g/mol. The van der Waals surface area contributed by atoms with Crippen molar-refractivity contribution in [1.29, 1.82) is 0 Å². The van der Waals surface area contributed by atoms with Crippen LogP contribution in [0.2, 0.25) is 19.6 Å². The predicted molar refractivity (Wildman–Crippen MR) is 109 cm³/mol. The van der Waals surface area contributed by atoms with Crippen LogP contribution in [0, 0.1) is 0 Å². The highest BCUT2D eigenvalue weighted by Gasteiger charge is 2.56. The van der Waals surface area contributed by atoms with E-state index in [0.717, 1.165) is 30.5 Å². The highest BCUT2D eigenvalue weighted by molar-refractivity contribution is 6.79. The molecule has 0 aromatic heterocycles. The van der Waals surface area contributed by atoms with Gasteiger partial charge >= 0.3 is 0 Å². The summed E-state index contributed by atoms with van der Waals surface area (Å²) in [6.45, 7) is 7.90. The van der Waals surface area contributed by atoms with Crippen molar-refractivity contribution in [2.45, 2.75) is 37.6 Å². The lowest BCUT2D eigenvalue weighted by atomic mass is 9.82. The smallest absolute Gasteiger partial charge is 0.254 e. The van der Waals surface area contributed by atoms with E-state index in [0.29, 0.717) is 11.5 Å². The third kappa shape index (κ3) is 2.44. The highest BCUT2D eigenvalue weighted by atomic mass is 28.3. The summed E-state index contributed by atoms with van der Waals surface area (Å²) in [6, 6.07) is 12.5. The van der Waals surface area contributed by atoms with E-state index >= 15 is 0 Å². The second kappa shape index (κ2) is 6.13. The molecule has 142 valence electrons. The van der Waals surface area contributed by atoms with Crippen molar-refractivity contribution in [2.24, 2.45) is 0 Å². The topological polar surface area (TPSA) is 38.8 Å². The van der Waals surface area contributed by atoms with Gasteiger partial charge in [-0.15, -0.1) is 0 Å². The molecular weight excluding hydrogens is 354 g/mol. The molecule has 1 amide bonds. The Hall–Kier alpha value is -2.27. The number of hydrogen-bond acceptors (Lipinski definition) is 3. The van der Waals surface area contributed by atoms with Crippen LogP contribution in [-0.2, 0) is 18.0 Å². The molecule has 0 saturated heterocycles. The summed E-state index contributed by atoms with van der Waals surface area (Å²) in [5.41, 5.74) is 4.53. The summed E-state index contributed by atoms with van der Waals surface area (Å²) in [5.74, 6) is 1.42. The lowest BCUT2D eigenvalue weighted by molar-refractivity contribution is 0.0541. The molecule has 4 nitrogen and oxygen atoms in total. The first-order valence-corrected chi connectivity index (χ1v) is 13.0. The molecule has 4 rings (SSSR count). The zero-order valence-electron chi connectivity index (χ0n) is 16.8. The Bertz CT molecular complexity index is 918. The largest absolute Gasteiger partial charge is 0.493 e. The maximum Gasteiger partial charge on any atom is 0.254 e. The molecule has 2 aromatic carbocycles. The second-order valence-corrected chi connectivity index (χ2v) is 13.8. The Labute approximate surface area is 162 Å².